The van der Waals surface area contributed by atoms with Crippen LogP contribution in [0.5, 0.6) is 0 Å². The molecular formula is C13H8BrN3. The molecule has 0 spiro atoms. The second kappa shape index (κ2) is 3.60. The van der Waals surface area contributed by atoms with Crippen molar-refractivity contribution in [1.29, 1.82) is 0 Å². The van der Waals surface area contributed by atoms with Crippen molar-refractivity contribution < 1.29 is 22.0 Å². The van der Waals surface area contributed by atoms with Gasteiger partial charge in [0.05, 0.1) is 11.3 Å². The maximum absolute atomic E-state index is 4.25. The molecule has 2 aromatic carbocycles. The predicted octanol–water partition coefficient (Wildman–Crippen LogP) is -0.808. The Kier molecular flexibility index (Phi) is 2.19. The fourth-order valence-corrected chi connectivity index (χ4v) is 2.36. The van der Waals surface area contributed by atoms with Gasteiger partial charge in [-0.1, -0.05) is 24.3 Å². The predicted molar refractivity (Wildman–Crippen MR) is 62.3 cm³/mol. The molecule has 4 rings (SSSR count). The molecule has 0 aliphatic heterocycles. The number of hydrogen-bond acceptors (Lipinski definition) is 2. The molecule has 0 fully saturated rings. The third-order valence-corrected chi connectivity index (χ3v) is 3.04. The number of nitrogens with one attached hydrogen (secondary N) is 1. The molecule has 4 aromatic rings. The Labute approximate surface area is 108 Å². The lowest BCUT2D eigenvalue weighted by molar-refractivity contribution is -0.346. The van der Waals surface area contributed by atoms with E-state index in [1.54, 1.807) is 0 Å². The molecule has 2 heterocycles. The molecule has 0 bridgehead atoms. The van der Waals surface area contributed by atoms with Crippen LogP contribution in [0.1, 0.15) is 0 Å². The monoisotopic (exact) mass is 285 g/mol. The van der Waals surface area contributed by atoms with Gasteiger partial charge in [-0.05, 0) is 22.6 Å². The van der Waals surface area contributed by atoms with Gasteiger partial charge in [-0.3, -0.25) is 0 Å². The summed E-state index contributed by atoms with van der Waals surface area (Å²) in [6.07, 6.45) is 1.89. The lowest BCUT2D eigenvalue weighted by Gasteiger charge is -1.87. The SMILES string of the molecule is [Br-].c1ccc2c(c1)c1ccc[nH+]c3nnc2c31. The van der Waals surface area contributed by atoms with E-state index < -0.39 is 0 Å². The summed E-state index contributed by atoms with van der Waals surface area (Å²) < 4.78 is 0. The van der Waals surface area contributed by atoms with Crippen molar-refractivity contribution in [2.75, 3.05) is 0 Å². The summed E-state index contributed by atoms with van der Waals surface area (Å²) in [4.78, 5) is 3.14. The number of nitrogens with zero attached hydrogens (tertiary/aromatic N) is 2. The number of fused-ring (bicyclic) bond motifs is 3. The van der Waals surface area contributed by atoms with Crippen LogP contribution in [-0.4, -0.2) is 10.2 Å². The van der Waals surface area contributed by atoms with E-state index in [-0.39, 0.29) is 17.0 Å². The third-order valence-electron chi connectivity index (χ3n) is 3.04. The van der Waals surface area contributed by atoms with Gasteiger partial charge in [-0.2, -0.15) is 0 Å². The average molecular weight is 286 g/mol. The summed E-state index contributed by atoms with van der Waals surface area (Å²) in [5.74, 6) is 0. The minimum absolute atomic E-state index is 0. The smallest absolute Gasteiger partial charge is 0.358 e. The number of hydrogen-bond donors (Lipinski definition) is 0. The second-order valence-corrected chi connectivity index (χ2v) is 3.90. The summed E-state index contributed by atoms with van der Waals surface area (Å²) in [5.41, 5.74) is 1.85. The first-order chi connectivity index (χ1) is 7.95. The highest BCUT2D eigenvalue weighted by molar-refractivity contribution is 6.27. The highest BCUT2D eigenvalue weighted by Crippen LogP contribution is 2.34. The molecule has 0 aliphatic carbocycles. The Balaban J connectivity index is 0.000000902. The number of rotatable bonds is 0. The van der Waals surface area contributed by atoms with Gasteiger partial charge in [0.15, 0.2) is 0 Å². The van der Waals surface area contributed by atoms with Gasteiger partial charge in [0, 0.05) is 10.8 Å². The molecule has 82 valence electrons. The largest absolute Gasteiger partial charge is 1.00 e. The molecule has 0 radical (unpaired) electrons. The van der Waals surface area contributed by atoms with E-state index in [0.29, 0.717) is 0 Å². The van der Waals surface area contributed by atoms with Crippen LogP contribution in [0.25, 0.3) is 32.7 Å². The minimum atomic E-state index is 0. The van der Waals surface area contributed by atoms with Crippen LogP contribution >= 0.6 is 0 Å². The van der Waals surface area contributed by atoms with Gasteiger partial charge in [-0.15, -0.1) is 0 Å². The zero-order chi connectivity index (χ0) is 10.5. The topological polar surface area (TPSA) is 39.9 Å². The molecule has 2 aromatic heterocycles. The van der Waals surface area contributed by atoms with Crippen molar-refractivity contribution in [3.63, 3.8) is 0 Å². The Morgan fingerprint density at radius 2 is 1.59 bits per heavy atom. The van der Waals surface area contributed by atoms with Crippen LogP contribution in [0.2, 0.25) is 0 Å². The fraction of sp³-hybridized carbons (Fsp3) is 0. The first kappa shape index (κ1) is 10.4. The van der Waals surface area contributed by atoms with Crippen LogP contribution < -0.4 is 22.0 Å². The van der Waals surface area contributed by atoms with E-state index in [1.165, 1.54) is 16.2 Å². The molecule has 0 unspecified atom stereocenters. The molecule has 17 heavy (non-hydrogen) atoms. The fourth-order valence-electron chi connectivity index (χ4n) is 2.36. The molecule has 0 saturated heterocycles. The standard InChI is InChI=1S/C13H7N3.BrH/c1-2-5-10-8(4-1)9-6-3-7-14-13-11(9)12(10)15-16-13;/h1-7H;1H. The van der Waals surface area contributed by atoms with Gasteiger partial charge in [0.2, 0.25) is 0 Å². The van der Waals surface area contributed by atoms with Crippen LogP contribution in [-0.2, 0) is 0 Å². The maximum Gasteiger partial charge on any atom is 0.358 e. The lowest BCUT2D eigenvalue weighted by atomic mass is 10.2. The summed E-state index contributed by atoms with van der Waals surface area (Å²) in [7, 11) is 0. The molecule has 4 heteroatoms. The highest BCUT2D eigenvalue weighted by atomic mass is 79.9. The molecule has 3 nitrogen and oxygen atoms in total. The summed E-state index contributed by atoms with van der Waals surface area (Å²) in [6, 6.07) is 12.4. The van der Waals surface area contributed by atoms with Crippen molar-refractivity contribution in [1.82, 2.24) is 10.2 Å². The summed E-state index contributed by atoms with van der Waals surface area (Å²) in [5, 5.41) is 13.2. The van der Waals surface area contributed by atoms with Gasteiger partial charge in [-0.25, -0.2) is 4.98 Å². The van der Waals surface area contributed by atoms with Gasteiger partial charge < -0.3 is 17.0 Å². The number of H-pyrrole nitrogens is 1. The first-order valence-corrected chi connectivity index (χ1v) is 5.22. The maximum atomic E-state index is 4.25. The Morgan fingerprint density at radius 1 is 0.824 bits per heavy atom. The summed E-state index contributed by atoms with van der Waals surface area (Å²) in [6.45, 7) is 0. The molecule has 0 amide bonds. The number of aromatic nitrogens is 3. The number of aromatic amines is 1. The quantitative estimate of drug-likeness (QED) is 0.424. The number of benzene rings is 1. The average Bonchev–Trinajstić information content (AvgIpc) is 2.77. The summed E-state index contributed by atoms with van der Waals surface area (Å²) >= 11 is 0. The van der Waals surface area contributed by atoms with Gasteiger partial charge in [0.1, 0.15) is 10.9 Å². The molecule has 0 aliphatic rings. The molecule has 0 atom stereocenters. The van der Waals surface area contributed by atoms with E-state index >= 15 is 0 Å². The van der Waals surface area contributed by atoms with E-state index in [9.17, 15) is 0 Å². The first-order valence-electron chi connectivity index (χ1n) is 5.22. The zero-order valence-corrected chi connectivity index (χ0v) is 10.4. The Bertz CT molecular complexity index is 808. The van der Waals surface area contributed by atoms with Crippen LogP contribution in [0.15, 0.2) is 42.6 Å². The number of halogens is 1. The molecule has 0 saturated carbocycles. The van der Waals surface area contributed by atoms with E-state index in [0.717, 1.165) is 16.6 Å². The zero-order valence-electron chi connectivity index (χ0n) is 8.81. The van der Waals surface area contributed by atoms with Crippen molar-refractivity contribution >= 4 is 32.7 Å². The minimum Gasteiger partial charge on any atom is -1.00 e. The van der Waals surface area contributed by atoms with Crippen LogP contribution in [0.4, 0.5) is 0 Å². The van der Waals surface area contributed by atoms with Crippen molar-refractivity contribution in [3.05, 3.63) is 42.6 Å². The lowest BCUT2D eigenvalue weighted by Crippen LogP contribution is -3.00. The molecular weight excluding hydrogens is 278 g/mol. The van der Waals surface area contributed by atoms with Crippen molar-refractivity contribution in [3.8, 4) is 0 Å². The van der Waals surface area contributed by atoms with Crippen molar-refractivity contribution in [2.24, 2.45) is 0 Å². The van der Waals surface area contributed by atoms with E-state index in [1.807, 2.05) is 18.3 Å². The van der Waals surface area contributed by atoms with E-state index in [4.69, 9.17) is 0 Å². The van der Waals surface area contributed by atoms with Gasteiger partial charge in [0.25, 0.3) is 0 Å². The van der Waals surface area contributed by atoms with Crippen molar-refractivity contribution in [2.45, 2.75) is 0 Å². The Hall–Kier alpha value is -1.81. The second-order valence-electron chi connectivity index (χ2n) is 3.90. The Morgan fingerprint density at radius 3 is 2.47 bits per heavy atom. The van der Waals surface area contributed by atoms with Gasteiger partial charge >= 0.3 is 5.65 Å². The van der Waals surface area contributed by atoms with Crippen LogP contribution in [0, 0.1) is 0 Å². The van der Waals surface area contributed by atoms with Crippen LogP contribution in [0.3, 0.4) is 0 Å². The highest BCUT2D eigenvalue weighted by Gasteiger charge is 2.18. The molecule has 1 N–H and O–H groups in total. The van der Waals surface area contributed by atoms with E-state index in [2.05, 4.69) is 39.4 Å². The third kappa shape index (κ3) is 1.24. The normalized spacial score (nSPS) is 11.1.